The second-order valence-electron chi connectivity index (χ2n) is 4.18. The predicted molar refractivity (Wildman–Crippen MR) is 80.7 cm³/mol. The molecule has 0 aliphatic carbocycles. The van der Waals surface area contributed by atoms with Crippen LogP contribution >= 0.6 is 26.6 Å². The first-order chi connectivity index (χ1) is 9.16. The molecule has 0 unspecified atom stereocenters. The van der Waals surface area contributed by atoms with E-state index in [4.69, 9.17) is 15.4 Å². The van der Waals surface area contributed by atoms with E-state index in [1.165, 1.54) is 11.0 Å². The molecule has 8 heteroatoms. The number of carbonyl (C=O) groups is 1. The lowest BCUT2D eigenvalue weighted by Crippen LogP contribution is -2.31. The van der Waals surface area contributed by atoms with E-state index in [9.17, 15) is 13.2 Å². The van der Waals surface area contributed by atoms with Crippen LogP contribution in [0, 0.1) is 6.92 Å². The maximum atomic E-state index is 11.7. The monoisotopic (exact) mass is 383 g/mol. The molecule has 5 nitrogen and oxygen atoms in total. The molecular formula is C12H15BrClNO4S. The van der Waals surface area contributed by atoms with Gasteiger partial charge in [-0.2, -0.15) is 0 Å². The highest BCUT2D eigenvalue weighted by atomic mass is 79.9. The van der Waals surface area contributed by atoms with Gasteiger partial charge in [-0.05, 0) is 31.5 Å². The number of benzene rings is 1. The average molecular weight is 385 g/mol. The Morgan fingerprint density at radius 3 is 2.55 bits per heavy atom. The van der Waals surface area contributed by atoms with Crippen LogP contribution in [0.5, 0.6) is 5.75 Å². The lowest BCUT2D eigenvalue weighted by atomic mass is 10.2. The van der Waals surface area contributed by atoms with Crippen LogP contribution in [-0.2, 0) is 13.8 Å². The van der Waals surface area contributed by atoms with Gasteiger partial charge < -0.3 is 9.64 Å². The molecule has 1 aromatic carbocycles. The highest BCUT2D eigenvalue weighted by Gasteiger charge is 2.21. The zero-order valence-electron chi connectivity index (χ0n) is 11.3. The second kappa shape index (κ2) is 6.78. The third-order valence-electron chi connectivity index (χ3n) is 2.71. The molecule has 1 aromatic rings. The fourth-order valence-electron chi connectivity index (χ4n) is 1.49. The van der Waals surface area contributed by atoms with Gasteiger partial charge in [-0.15, -0.1) is 0 Å². The molecule has 0 fully saturated rings. The Bertz CT molecular complexity index is 618. The first kappa shape index (κ1) is 17.3. The van der Waals surface area contributed by atoms with Gasteiger partial charge in [0.05, 0.1) is 0 Å². The topological polar surface area (TPSA) is 63.7 Å². The number of aryl methyl sites for hydroxylation is 1. The van der Waals surface area contributed by atoms with E-state index in [0.29, 0.717) is 16.6 Å². The molecular weight excluding hydrogens is 370 g/mol. The molecule has 0 saturated heterocycles. The quantitative estimate of drug-likeness (QED) is 0.732. The summed E-state index contributed by atoms with van der Waals surface area (Å²) in [5, 5.41) is 0. The summed E-state index contributed by atoms with van der Waals surface area (Å²) in [6, 6.07) is 3.04. The van der Waals surface area contributed by atoms with E-state index in [-0.39, 0.29) is 23.2 Å². The molecule has 0 radical (unpaired) electrons. The van der Waals surface area contributed by atoms with Crippen LogP contribution < -0.4 is 4.74 Å². The maximum absolute atomic E-state index is 11.7. The van der Waals surface area contributed by atoms with Crippen molar-refractivity contribution in [3.8, 4) is 5.75 Å². The van der Waals surface area contributed by atoms with Crippen molar-refractivity contribution in [1.82, 2.24) is 4.90 Å². The highest BCUT2D eigenvalue weighted by Crippen LogP contribution is 2.33. The van der Waals surface area contributed by atoms with Gasteiger partial charge >= 0.3 is 0 Å². The van der Waals surface area contributed by atoms with Gasteiger partial charge in [0.1, 0.15) is 10.6 Å². The van der Waals surface area contributed by atoms with Crippen LogP contribution in [0.3, 0.4) is 0 Å². The minimum atomic E-state index is -3.96. The summed E-state index contributed by atoms with van der Waals surface area (Å²) >= 11 is 3.20. The van der Waals surface area contributed by atoms with Crippen molar-refractivity contribution < 1.29 is 17.9 Å². The Kier molecular flexibility index (Phi) is 5.85. The summed E-state index contributed by atoms with van der Waals surface area (Å²) in [5.41, 5.74) is 0.575. The Hall–Kier alpha value is -0.790. The fraction of sp³-hybridized carbons (Fsp3) is 0.417. The van der Waals surface area contributed by atoms with Crippen LogP contribution in [0.2, 0.25) is 0 Å². The minimum absolute atomic E-state index is 0.0982. The lowest BCUT2D eigenvalue weighted by Gasteiger charge is -2.17. The molecule has 0 aliphatic heterocycles. The van der Waals surface area contributed by atoms with E-state index in [1.807, 2.05) is 6.92 Å². The number of carbonyl (C=O) groups excluding carboxylic acids is 1. The maximum Gasteiger partial charge on any atom is 0.265 e. The fourth-order valence-corrected chi connectivity index (χ4v) is 3.26. The van der Waals surface area contributed by atoms with Crippen LogP contribution in [0.25, 0.3) is 0 Å². The molecule has 0 N–H and O–H groups in total. The molecule has 20 heavy (non-hydrogen) atoms. The molecule has 0 aliphatic rings. The van der Waals surface area contributed by atoms with Gasteiger partial charge in [-0.3, -0.25) is 4.79 Å². The van der Waals surface area contributed by atoms with E-state index >= 15 is 0 Å². The van der Waals surface area contributed by atoms with Crippen LogP contribution in [0.15, 0.2) is 21.5 Å². The normalized spacial score (nSPS) is 11.2. The summed E-state index contributed by atoms with van der Waals surface area (Å²) in [4.78, 5) is 13.0. The van der Waals surface area contributed by atoms with Gasteiger partial charge in [0.25, 0.3) is 15.0 Å². The number of halogens is 2. The molecule has 0 bridgehead atoms. The molecule has 0 atom stereocenters. The minimum Gasteiger partial charge on any atom is -0.482 e. The van der Waals surface area contributed by atoms with Crippen molar-refractivity contribution in [3.05, 3.63) is 22.2 Å². The Balaban J connectivity index is 3.09. The van der Waals surface area contributed by atoms with Crippen molar-refractivity contribution in [3.63, 3.8) is 0 Å². The first-order valence-corrected chi connectivity index (χ1v) is 8.88. The zero-order valence-corrected chi connectivity index (χ0v) is 14.5. The third-order valence-corrected chi connectivity index (χ3v) is 4.49. The smallest absolute Gasteiger partial charge is 0.265 e. The molecule has 0 saturated carbocycles. The Morgan fingerprint density at radius 2 is 2.05 bits per heavy atom. The Labute approximate surface area is 131 Å². The van der Waals surface area contributed by atoms with Crippen molar-refractivity contribution in [2.24, 2.45) is 0 Å². The van der Waals surface area contributed by atoms with Gasteiger partial charge in [-0.1, -0.05) is 15.9 Å². The third kappa shape index (κ3) is 4.36. The number of rotatable bonds is 5. The number of hydrogen-bond acceptors (Lipinski definition) is 4. The van der Waals surface area contributed by atoms with Gasteiger partial charge in [0, 0.05) is 28.7 Å². The summed E-state index contributed by atoms with van der Waals surface area (Å²) in [6.45, 7) is 3.81. The van der Waals surface area contributed by atoms with Crippen molar-refractivity contribution in [2.45, 2.75) is 18.7 Å². The predicted octanol–water partition coefficient (Wildman–Crippen LogP) is 2.54. The number of amides is 1. The van der Waals surface area contributed by atoms with E-state index in [1.54, 1.807) is 20.0 Å². The average Bonchev–Trinajstić information content (AvgIpc) is 2.34. The number of ether oxygens (including phenoxy) is 1. The zero-order chi connectivity index (χ0) is 15.5. The van der Waals surface area contributed by atoms with Crippen LogP contribution in [0.4, 0.5) is 0 Å². The van der Waals surface area contributed by atoms with E-state index in [2.05, 4.69) is 15.9 Å². The molecule has 1 rings (SSSR count). The molecule has 112 valence electrons. The summed E-state index contributed by atoms with van der Waals surface area (Å²) in [5.74, 6) is -0.145. The van der Waals surface area contributed by atoms with Gasteiger partial charge in [-0.25, -0.2) is 8.42 Å². The summed E-state index contributed by atoms with van der Waals surface area (Å²) in [6.07, 6.45) is 0. The largest absolute Gasteiger partial charge is 0.482 e. The molecule has 0 spiro atoms. The highest BCUT2D eigenvalue weighted by molar-refractivity contribution is 9.10. The van der Waals surface area contributed by atoms with E-state index in [0.717, 1.165) is 0 Å². The molecule has 0 aromatic heterocycles. The van der Waals surface area contributed by atoms with Gasteiger partial charge in [0.15, 0.2) is 6.61 Å². The number of likely N-dealkylation sites (N-methyl/N-ethyl adjacent to an activating group) is 1. The van der Waals surface area contributed by atoms with Crippen molar-refractivity contribution in [1.29, 1.82) is 0 Å². The van der Waals surface area contributed by atoms with E-state index < -0.39 is 9.05 Å². The summed E-state index contributed by atoms with van der Waals surface area (Å²) < 4.78 is 29.1. The van der Waals surface area contributed by atoms with Crippen molar-refractivity contribution in [2.75, 3.05) is 20.2 Å². The molecule has 0 heterocycles. The Morgan fingerprint density at radius 1 is 1.45 bits per heavy atom. The lowest BCUT2D eigenvalue weighted by molar-refractivity contribution is -0.131. The molecule has 1 amide bonds. The standard InChI is InChI=1S/C12H15BrClNO4S/c1-4-15(3)11(16)7-19-12-8(2)5-9(13)6-10(12)20(14,17)18/h5-6H,4,7H2,1-3H3. The second-order valence-corrected chi connectivity index (χ2v) is 7.63. The number of nitrogens with zero attached hydrogens (tertiary/aromatic N) is 1. The summed E-state index contributed by atoms with van der Waals surface area (Å²) in [7, 11) is 3.07. The van der Waals surface area contributed by atoms with Crippen LogP contribution in [0.1, 0.15) is 12.5 Å². The first-order valence-electron chi connectivity index (χ1n) is 5.78. The SMILES string of the molecule is CCN(C)C(=O)COc1c(C)cc(Br)cc1S(=O)(=O)Cl. The van der Waals surface area contributed by atoms with Crippen LogP contribution in [-0.4, -0.2) is 39.4 Å². The number of hydrogen-bond donors (Lipinski definition) is 0. The van der Waals surface area contributed by atoms with Gasteiger partial charge in [0.2, 0.25) is 0 Å². The van der Waals surface area contributed by atoms with Crippen molar-refractivity contribution >= 4 is 41.6 Å².